The first-order chi connectivity index (χ1) is 9.78. The van der Waals surface area contributed by atoms with Crippen LogP contribution in [0.1, 0.15) is 33.5 Å². The fraction of sp³-hybridized carbons (Fsp3) is 0.176. The summed E-state index contributed by atoms with van der Waals surface area (Å²) in [6.45, 7) is 0. The van der Waals surface area contributed by atoms with Gasteiger partial charge in [-0.2, -0.15) is 5.26 Å². The number of hydrogen-bond donors (Lipinski definition) is 0. The van der Waals surface area contributed by atoms with Gasteiger partial charge in [-0.05, 0) is 29.7 Å². The molecule has 0 radical (unpaired) electrons. The molecule has 0 spiro atoms. The van der Waals surface area contributed by atoms with Crippen LogP contribution in [0.3, 0.4) is 0 Å². The summed E-state index contributed by atoms with van der Waals surface area (Å²) in [5.74, 6) is 1.02. The molecule has 0 saturated heterocycles. The maximum atomic E-state index is 11.8. The van der Waals surface area contributed by atoms with E-state index in [2.05, 4.69) is 18.2 Å². The van der Waals surface area contributed by atoms with Crippen LogP contribution in [0.5, 0.6) is 0 Å². The lowest BCUT2D eigenvalue weighted by atomic mass is 10.1. The third-order valence-corrected chi connectivity index (χ3v) is 4.63. The van der Waals surface area contributed by atoms with E-state index in [0.717, 1.165) is 28.2 Å². The highest BCUT2D eigenvalue weighted by molar-refractivity contribution is 7.98. The summed E-state index contributed by atoms with van der Waals surface area (Å²) in [6.07, 6.45) is 1.38. The van der Waals surface area contributed by atoms with Crippen LogP contribution in [-0.2, 0) is 12.2 Å². The molecule has 0 amide bonds. The molecule has 3 rings (SSSR count). The summed E-state index contributed by atoms with van der Waals surface area (Å²) in [6, 6.07) is 16.0. The Morgan fingerprint density at radius 3 is 2.70 bits per heavy atom. The molecule has 0 bridgehead atoms. The van der Waals surface area contributed by atoms with Crippen molar-refractivity contribution in [3.05, 3.63) is 64.7 Å². The van der Waals surface area contributed by atoms with Crippen molar-refractivity contribution in [3.8, 4) is 6.07 Å². The quantitative estimate of drug-likeness (QED) is 0.798. The summed E-state index contributed by atoms with van der Waals surface area (Å²) in [4.78, 5) is 12.9. The first-order valence-electron chi connectivity index (χ1n) is 6.55. The SMILES string of the molecule is N#Cc1cc(SCc2ccccc2)c2c(c1)C(=O)CC2. The van der Waals surface area contributed by atoms with Crippen LogP contribution < -0.4 is 0 Å². The van der Waals surface area contributed by atoms with Crippen LogP contribution in [0.4, 0.5) is 0 Å². The minimum atomic E-state index is 0.165. The Hall–Kier alpha value is -2.05. The number of carbonyl (C=O) groups is 1. The molecule has 0 atom stereocenters. The molecule has 1 aliphatic rings. The van der Waals surface area contributed by atoms with Gasteiger partial charge in [-0.3, -0.25) is 4.79 Å². The van der Waals surface area contributed by atoms with Crippen molar-refractivity contribution < 1.29 is 4.79 Å². The maximum Gasteiger partial charge on any atom is 0.163 e. The number of thioether (sulfide) groups is 1. The third-order valence-electron chi connectivity index (χ3n) is 3.48. The minimum absolute atomic E-state index is 0.165. The average molecular weight is 279 g/mol. The second-order valence-corrected chi connectivity index (χ2v) is 5.83. The zero-order valence-electron chi connectivity index (χ0n) is 10.9. The Morgan fingerprint density at radius 1 is 1.15 bits per heavy atom. The first kappa shape index (κ1) is 13.0. The van der Waals surface area contributed by atoms with Gasteiger partial charge in [0.05, 0.1) is 11.6 Å². The van der Waals surface area contributed by atoms with Crippen LogP contribution in [0.2, 0.25) is 0 Å². The Morgan fingerprint density at radius 2 is 1.95 bits per heavy atom. The smallest absolute Gasteiger partial charge is 0.163 e. The summed E-state index contributed by atoms with van der Waals surface area (Å²) in [5, 5.41) is 9.09. The second kappa shape index (κ2) is 5.52. The third kappa shape index (κ3) is 2.48. The van der Waals surface area contributed by atoms with Gasteiger partial charge in [0.15, 0.2) is 5.78 Å². The van der Waals surface area contributed by atoms with Crippen molar-refractivity contribution in [1.82, 2.24) is 0 Å². The number of ketones is 1. The van der Waals surface area contributed by atoms with E-state index in [-0.39, 0.29) is 5.78 Å². The van der Waals surface area contributed by atoms with E-state index in [1.165, 1.54) is 5.56 Å². The van der Waals surface area contributed by atoms with Crippen molar-refractivity contribution >= 4 is 17.5 Å². The fourth-order valence-electron chi connectivity index (χ4n) is 2.45. The zero-order chi connectivity index (χ0) is 13.9. The Kier molecular flexibility index (Phi) is 3.58. The van der Waals surface area contributed by atoms with E-state index >= 15 is 0 Å². The molecular formula is C17H13NOS. The number of Topliss-reactive ketones (excluding diaryl/α,β-unsaturated/α-hetero) is 1. The topological polar surface area (TPSA) is 40.9 Å². The van der Waals surface area contributed by atoms with Crippen LogP contribution in [0.15, 0.2) is 47.4 Å². The van der Waals surface area contributed by atoms with Crippen LogP contribution in [-0.4, -0.2) is 5.78 Å². The molecule has 0 aliphatic heterocycles. The number of nitrogens with zero attached hydrogens (tertiary/aromatic N) is 1. The first-order valence-corrected chi connectivity index (χ1v) is 7.53. The standard InChI is InChI=1S/C17H13NOS/c18-10-13-8-15-14(6-7-16(15)19)17(9-13)20-11-12-4-2-1-3-5-12/h1-5,8-9H,6-7,11H2. The molecule has 0 unspecified atom stereocenters. The summed E-state index contributed by atoms with van der Waals surface area (Å²) < 4.78 is 0. The number of rotatable bonds is 3. The van der Waals surface area contributed by atoms with Crippen LogP contribution in [0, 0.1) is 11.3 Å². The molecule has 0 aromatic heterocycles. The number of fused-ring (bicyclic) bond motifs is 1. The minimum Gasteiger partial charge on any atom is -0.294 e. The van der Waals surface area contributed by atoms with Gasteiger partial charge in [0.2, 0.25) is 0 Å². The molecule has 0 saturated carbocycles. The second-order valence-electron chi connectivity index (χ2n) is 4.81. The molecule has 0 N–H and O–H groups in total. The lowest BCUT2D eigenvalue weighted by Gasteiger charge is -2.08. The molecule has 1 aliphatic carbocycles. The Balaban J connectivity index is 1.90. The normalized spacial score (nSPS) is 13.1. The highest BCUT2D eigenvalue weighted by Crippen LogP contribution is 2.34. The molecule has 2 aromatic carbocycles. The zero-order valence-corrected chi connectivity index (χ0v) is 11.7. The Labute approximate surface area is 122 Å². The van der Waals surface area contributed by atoms with Gasteiger partial charge >= 0.3 is 0 Å². The van der Waals surface area contributed by atoms with E-state index in [1.807, 2.05) is 24.3 Å². The van der Waals surface area contributed by atoms with Crippen molar-refractivity contribution in [2.75, 3.05) is 0 Å². The van der Waals surface area contributed by atoms with Crippen molar-refractivity contribution in [1.29, 1.82) is 5.26 Å². The van der Waals surface area contributed by atoms with Crippen LogP contribution >= 0.6 is 11.8 Å². The molecule has 98 valence electrons. The monoisotopic (exact) mass is 279 g/mol. The van der Waals surface area contributed by atoms with Gasteiger partial charge in [-0.1, -0.05) is 30.3 Å². The highest BCUT2D eigenvalue weighted by Gasteiger charge is 2.23. The maximum absolute atomic E-state index is 11.8. The number of benzene rings is 2. The Bertz CT molecular complexity index is 701. The number of hydrogen-bond acceptors (Lipinski definition) is 3. The molecular weight excluding hydrogens is 266 g/mol. The number of nitriles is 1. The van der Waals surface area contributed by atoms with Gasteiger partial charge < -0.3 is 0 Å². The highest BCUT2D eigenvalue weighted by atomic mass is 32.2. The predicted molar refractivity (Wildman–Crippen MR) is 79.8 cm³/mol. The van der Waals surface area contributed by atoms with Gasteiger partial charge in [0.1, 0.15) is 0 Å². The van der Waals surface area contributed by atoms with Gasteiger partial charge in [-0.15, -0.1) is 11.8 Å². The van der Waals surface area contributed by atoms with E-state index in [4.69, 9.17) is 5.26 Å². The summed E-state index contributed by atoms with van der Waals surface area (Å²) in [7, 11) is 0. The van der Waals surface area contributed by atoms with Crippen molar-refractivity contribution in [2.45, 2.75) is 23.5 Å². The molecule has 0 heterocycles. The molecule has 3 heteroatoms. The lowest BCUT2D eigenvalue weighted by Crippen LogP contribution is -1.94. The van der Waals surface area contributed by atoms with E-state index in [0.29, 0.717) is 12.0 Å². The predicted octanol–water partition coefficient (Wildman–Crippen LogP) is 3.98. The molecule has 2 nitrogen and oxygen atoms in total. The largest absolute Gasteiger partial charge is 0.294 e. The number of carbonyl (C=O) groups excluding carboxylic acids is 1. The van der Waals surface area contributed by atoms with Crippen LogP contribution in [0.25, 0.3) is 0 Å². The van der Waals surface area contributed by atoms with E-state index in [1.54, 1.807) is 17.8 Å². The van der Waals surface area contributed by atoms with Gasteiger partial charge in [0, 0.05) is 22.6 Å². The average Bonchev–Trinajstić information content (AvgIpc) is 2.87. The van der Waals surface area contributed by atoms with Crippen molar-refractivity contribution in [3.63, 3.8) is 0 Å². The fourth-order valence-corrected chi connectivity index (χ4v) is 3.57. The summed E-state index contributed by atoms with van der Waals surface area (Å²) in [5.41, 5.74) is 3.70. The lowest BCUT2D eigenvalue weighted by molar-refractivity contribution is 0.0994. The van der Waals surface area contributed by atoms with Crippen molar-refractivity contribution in [2.24, 2.45) is 0 Å². The molecule has 2 aromatic rings. The van der Waals surface area contributed by atoms with E-state index in [9.17, 15) is 4.79 Å². The van der Waals surface area contributed by atoms with E-state index < -0.39 is 0 Å². The summed E-state index contributed by atoms with van der Waals surface area (Å²) >= 11 is 1.71. The van der Waals surface area contributed by atoms with Gasteiger partial charge in [0.25, 0.3) is 0 Å². The molecule has 0 fully saturated rings. The van der Waals surface area contributed by atoms with Gasteiger partial charge in [-0.25, -0.2) is 0 Å². The molecule has 20 heavy (non-hydrogen) atoms.